The van der Waals surface area contributed by atoms with Gasteiger partial charge in [0.2, 0.25) is 0 Å². The summed E-state index contributed by atoms with van der Waals surface area (Å²) in [6.45, 7) is 22.5. The highest BCUT2D eigenvalue weighted by Crippen LogP contribution is 2.40. The Morgan fingerprint density at radius 3 is 1.44 bits per heavy atom. The zero-order valence-corrected chi connectivity index (χ0v) is 28.3. The van der Waals surface area contributed by atoms with Crippen LogP contribution in [0, 0.1) is 5.92 Å². The number of hydrogen-bond acceptors (Lipinski definition) is 6. The van der Waals surface area contributed by atoms with Crippen LogP contribution in [0.2, 0.25) is 0 Å². The summed E-state index contributed by atoms with van der Waals surface area (Å²) in [5.41, 5.74) is 1.11. The highest BCUT2D eigenvalue weighted by molar-refractivity contribution is 7.25. The number of aromatic nitrogens is 1. The van der Waals surface area contributed by atoms with Crippen molar-refractivity contribution in [3.05, 3.63) is 36.4 Å². The van der Waals surface area contributed by atoms with Crippen molar-refractivity contribution in [2.45, 2.75) is 124 Å². The summed E-state index contributed by atoms with van der Waals surface area (Å²) in [5, 5.41) is 0. The van der Waals surface area contributed by atoms with Crippen molar-refractivity contribution in [3.63, 3.8) is 0 Å². The van der Waals surface area contributed by atoms with E-state index in [9.17, 15) is 0 Å². The van der Waals surface area contributed by atoms with E-state index in [0.717, 1.165) is 16.1 Å². The van der Waals surface area contributed by atoms with Crippen LogP contribution in [-0.2, 0) is 25.2 Å². The van der Waals surface area contributed by atoms with Gasteiger partial charge in [0.05, 0.1) is 43.5 Å². The van der Waals surface area contributed by atoms with Gasteiger partial charge in [-0.1, -0.05) is 45.2 Å². The Bertz CT molecular complexity index is 1230. The first-order chi connectivity index (χ1) is 19.2. The molecule has 41 heavy (non-hydrogen) atoms. The quantitative estimate of drug-likeness (QED) is 0.225. The zero-order chi connectivity index (χ0) is 29.8. The van der Waals surface area contributed by atoms with Crippen LogP contribution in [0.3, 0.4) is 0 Å². The third kappa shape index (κ3) is 5.92. The molecule has 2 fully saturated rings. The van der Waals surface area contributed by atoms with Crippen molar-refractivity contribution >= 4 is 46.5 Å². The zero-order valence-electron chi connectivity index (χ0n) is 26.6. The molecule has 0 N–H and O–H groups in total. The van der Waals surface area contributed by atoms with Crippen molar-refractivity contribution in [2.75, 3.05) is 0 Å². The fourth-order valence-electron chi connectivity index (χ4n) is 5.42. The van der Waals surface area contributed by atoms with Crippen molar-refractivity contribution in [1.29, 1.82) is 0 Å². The van der Waals surface area contributed by atoms with E-state index in [1.165, 1.54) is 46.8 Å². The lowest BCUT2D eigenvalue weighted by atomic mass is 9.88. The molecule has 222 valence electrons. The summed E-state index contributed by atoms with van der Waals surface area (Å²) in [5.74, 6) is 0.630. The molecule has 0 amide bonds. The molecular weight excluding hydrogens is 548 g/mol. The van der Waals surface area contributed by atoms with E-state index in [1.54, 1.807) is 22.7 Å². The average molecular weight is 595 g/mol. The topological polar surface area (TPSA) is 41.9 Å². The third-order valence-corrected chi connectivity index (χ3v) is 12.0. The van der Waals surface area contributed by atoms with Gasteiger partial charge in [-0.15, -0.1) is 22.7 Å². The molecule has 3 aromatic rings. The van der Waals surface area contributed by atoms with Crippen LogP contribution < -0.4 is 9.55 Å². The Balaban J connectivity index is 1.47. The Hall–Kier alpha value is -1.35. The maximum atomic E-state index is 6.37. The molecule has 2 aliphatic rings. The van der Waals surface area contributed by atoms with Crippen LogP contribution in [0.1, 0.15) is 94.9 Å². The minimum absolute atomic E-state index is 0.339. The summed E-state index contributed by atoms with van der Waals surface area (Å²) in [7, 11) is -0.677. The summed E-state index contributed by atoms with van der Waals surface area (Å²) in [6, 6.07) is 13.4. The molecule has 2 aliphatic heterocycles. The predicted octanol–water partition coefficient (Wildman–Crippen LogP) is 7.76. The molecule has 0 saturated carbocycles. The van der Waals surface area contributed by atoms with E-state index in [1.807, 2.05) is 0 Å². The van der Waals surface area contributed by atoms with Gasteiger partial charge in [0.1, 0.15) is 0 Å². The molecule has 0 aliphatic carbocycles. The number of nitrogens with zero attached hydrogens (tertiary/aromatic N) is 1. The Morgan fingerprint density at radius 1 is 0.659 bits per heavy atom. The SMILES string of the molecule is CCCCC(CC)Cn1c(-c2ccc(B3OC(C)(C)C(C)(C)O3)s2)ccc1-c1ccc(B2OC(C)(C)C(C)(C)O2)s1. The fourth-order valence-corrected chi connectivity index (χ4v) is 7.43. The molecule has 1 unspecified atom stereocenters. The first-order valence-electron chi connectivity index (χ1n) is 15.3. The molecule has 5 heterocycles. The summed E-state index contributed by atoms with van der Waals surface area (Å²) >= 11 is 3.56. The van der Waals surface area contributed by atoms with Gasteiger partial charge < -0.3 is 23.2 Å². The molecule has 2 saturated heterocycles. The predicted molar refractivity (Wildman–Crippen MR) is 176 cm³/mol. The lowest BCUT2D eigenvalue weighted by Crippen LogP contribution is -2.41. The molecule has 9 heteroatoms. The van der Waals surface area contributed by atoms with Crippen LogP contribution in [0.5, 0.6) is 0 Å². The Labute approximate surface area is 256 Å². The minimum Gasteiger partial charge on any atom is -0.399 e. The number of thiophene rings is 2. The monoisotopic (exact) mass is 595 g/mol. The van der Waals surface area contributed by atoms with Crippen LogP contribution in [0.4, 0.5) is 0 Å². The van der Waals surface area contributed by atoms with E-state index < -0.39 is 0 Å². The second kappa shape index (κ2) is 11.3. The summed E-state index contributed by atoms with van der Waals surface area (Å²) in [4.78, 5) is 2.49. The van der Waals surface area contributed by atoms with Gasteiger partial charge in [-0.3, -0.25) is 0 Å². The second-order valence-electron chi connectivity index (χ2n) is 13.7. The van der Waals surface area contributed by atoms with Gasteiger partial charge in [-0.05, 0) is 92.0 Å². The van der Waals surface area contributed by atoms with Crippen molar-refractivity contribution < 1.29 is 18.6 Å². The van der Waals surface area contributed by atoms with Crippen LogP contribution in [0.15, 0.2) is 36.4 Å². The molecule has 3 aromatic heterocycles. The van der Waals surface area contributed by atoms with Gasteiger partial charge in [-0.25, -0.2) is 0 Å². The molecule has 0 radical (unpaired) electrons. The maximum absolute atomic E-state index is 6.37. The van der Waals surface area contributed by atoms with E-state index in [0.29, 0.717) is 5.92 Å². The highest BCUT2D eigenvalue weighted by atomic mass is 32.1. The Morgan fingerprint density at radius 2 is 1.07 bits per heavy atom. The first-order valence-corrected chi connectivity index (χ1v) is 16.9. The van der Waals surface area contributed by atoms with E-state index >= 15 is 0 Å². The van der Waals surface area contributed by atoms with Gasteiger partial charge in [0.25, 0.3) is 0 Å². The van der Waals surface area contributed by atoms with E-state index in [2.05, 4.69) is 110 Å². The lowest BCUT2D eigenvalue weighted by Gasteiger charge is -2.32. The van der Waals surface area contributed by atoms with Gasteiger partial charge in [-0.2, -0.15) is 0 Å². The molecule has 5 nitrogen and oxygen atoms in total. The van der Waals surface area contributed by atoms with Gasteiger partial charge in [0, 0.05) is 16.1 Å². The van der Waals surface area contributed by atoms with Crippen molar-refractivity contribution in [2.24, 2.45) is 5.92 Å². The number of unbranched alkanes of at least 4 members (excludes halogenated alkanes) is 1. The first kappa shape index (κ1) is 31.1. The number of rotatable bonds is 10. The van der Waals surface area contributed by atoms with Crippen LogP contribution in [0.25, 0.3) is 21.1 Å². The smallest absolute Gasteiger partial charge is 0.399 e. The largest absolute Gasteiger partial charge is 0.505 e. The normalized spacial score (nSPS) is 21.6. The molecule has 5 rings (SSSR count). The van der Waals surface area contributed by atoms with Gasteiger partial charge in [0.15, 0.2) is 0 Å². The molecule has 0 bridgehead atoms. The van der Waals surface area contributed by atoms with Crippen molar-refractivity contribution in [1.82, 2.24) is 4.57 Å². The summed E-state index contributed by atoms with van der Waals surface area (Å²) in [6.07, 6.45) is 4.91. The highest BCUT2D eigenvalue weighted by Gasteiger charge is 2.53. The van der Waals surface area contributed by atoms with Crippen molar-refractivity contribution in [3.8, 4) is 21.1 Å². The van der Waals surface area contributed by atoms with Gasteiger partial charge >= 0.3 is 14.2 Å². The average Bonchev–Trinajstić information content (AvgIpc) is 3.68. The van der Waals surface area contributed by atoms with Crippen LogP contribution >= 0.6 is 22.7 Å². The molecule has 1 atom stereocenters. The molecule has 0 spiro atoms. The number of hydrogen-bond donors (Lipinski definition) is 0. The fraction of sp³-hybridized carbons (Fsp3) is 0.625. The van der Waals surface area contributed by atoms with E-state index in [-0.39, 0.29) is 36.6 Å². The van der Waals surface area contributed by atoms with Crippen LogP contribution in [-0.4, -0.2) is 41.2 Å². The standard InChI is InChI=1S/C32H47B2NO4S2/c1-11-13-14-22(12-2)21-35-23(25-17-19-27(40-25)33-36-29(3,4)30(5,6)37-33)15-16-24(35)26-18-20-28(41-26)34-38-31(7,8)32(9,10)39-34/h15-20,22H,11-14,21H2,1-10H3. The second-order valence-corrected chi connectivity index (χ2v) is 15.9. The maximum Gasteiger partial charge on any atom is 0.505 e. The summed E-state index contributed by atoms with van der Waals surface area (Å²) < 4.78 is 30.3. The van der Waals surface area contributed by atoms with E-state index in [4.69, 9.17) is 18.6 Å². The molecule has 0 aromatic carbocycles. The minimum atomic E-state index is -0.350. The molecular formula is C32H47B2NO4S2. The third-order valence-electron chi connectivity index (χ3n) is 9.69. The Kier molecular flexibility index (Phi) is 8.56. The lowest BCUT2D eigenvalue weighted by molar-refractivity contribution is 0.00578.